The van der Waals surface area contributed by atoms with Gasteiger partial charge in [-0.3, -0.25) is 0 Å². The molecule has 0 spiro atoms. The van der Waals surface area contributed by atoms with Gasteiger partial charge in [0.05, 0.1) is 19.1 Å². The molecule has 0 saturated carbocycles. The van der Waals surface area contributed by atoms with Crippen molar-refractivity contribution in [2.75, 3.05) is 20.2 Å². The minimum absolute atomic E-state index is 0.321. The van der Waals surface area contributed by atoms with Crippen LogP contribution in [0.4, 0.5) is 17.6 Å². The summed E-state index contributed by atoms with van der Waals surface area (Å²) in [4.78, 5) is 0. The fourth-order valence-corrected chi connectivity index (χ4v) is 1.48. The van der Waals surface area contributed by atoms with E-state index < -0.39 is 31.1 Å². The van der Waals surface area contributed by atoms with Gasteiger partial charge in [-0.05, 0) is 24.7 Å². The van der Waals surface area contributed by atoms with Crippen molar-refractivity contribution in [3.63, 3.8) is 0 Å². The smallest absolute Gasteiger partial charge is 0.372 e. The largest absolute Gasteiger partial charge is 0.391 e. The number of benzene rings is 1. The van der Waals surface area contributed by atoms with E-state index in [1.165, 1.54) is 18.2 Å². The Morgan fingerprint density at radius 2 is 2.06 bits per heavy atom. The Labute approximate surface area is 103 Å². The highest BCUT2D eigenvalue weighted by Crippen LogP contribution is 2.22. The highest BCUT2D eigenvalue weighted by atomic mass is 19.4. The predicted octanol–water partition coefficient (Wildman–Crippen LogP) is 3.06. The van der Waals surface area contributed by atoms with Crippen LogP contribution in [0.3, 0.4) is 0 Å². The molecule has 0 radical (unpaired) electrons. The molecule has 18 heavy (non-hydrogen) atoms. The second-order valence-electron chi connectivity index (χ2n) is 3.84. The molecule has 0 aromatic heterocycles. The molecule has 0 aliphatic rings. The second-order valence-corrected chi connectivity index (χ2v) is 3.84. The summed E-state index contributed by atoms with van der Waals surface area (Å²) < 4.78 is 54.2. The van der Waals surface area contributed by atoms with Gasteiger partial charge in [-0.1, -0.05) is 12.1 Å². The average Bonchev–Trinajstić information content (AvgIpc) is 2.26. The first-order valence-electron chi connectivity index (χ1n) is 5.51. The molecule has 1 atom stereocenters. The number of hydrogen-bond donors (Lipinski definition) is 1. The van der Waals surface area contributed by atoms with Crippen LogP contribution < -0.4 is 5.32 Å². The molecule has 1 aromatic rings. The molecule has 1 rings (SSSR count). The fraction of sp³-hybridized carbons (Fsp3) is 0.500. The van der Waals surface area contributed by atoms with Crippen LogP contribution in [0.5, 0.6) is 0 Å². The summed E-state index contributed by atoms with van der Waals surface area (Å²) in [6.45, 7) is -0.117. The van der Waals surface area contributed by atoms with E-state index in [1.807, 2.05) is 0 Å². The summed E-state index contributed by atoms with van der Waals surface area (Å²) in [5, 5.41) is 2.80. The maximum atomic E-state index is 13.0. The number of ether oxygens (including phenoxy) is 1. The van der Waals surface area contributed by atoms with Gasteiger partial charge in [0.1, 0.15) is 5.82 Å². The fourth-order valence-electron chi connectivity index (χ4n) is 1.48. The monoisotopic (exact) mass is 265 g/mol. The molecule has 0 aliphatic heterocycles. The molecular formula is C12H15F4NO. The molecule has 0 bridgehead atoms. The van der Waals surface area contributed by atoms with E-state index in [4.69, 9.17) is 4.74 Å². The highest BCUT2D eigenvalue weighted by molar-refractivity contribution is 5.19. The molecule has 102 valence electrons. The van der Waals surface area contributed by atoms with Gasteiger partial charge in [0, 0.05) is 6.54 Å². The zero-order chi connectivity index (χ0) is 13.6. The summed E-state index contributed by atoms with van der Waals surface area (Å²) in [5.41, 5.74) is 0.520. The molecule has 6 heteroatoms. The summed E-state index contributed by atoms with van der Waals surface area (Å²) in [6, 6.07) is 5.66. The summed E-state index contributed by atoms with van der Waals surface area (Å²) in [6.07, 6.45) is -5.85. The van der Waals surface area contributed by atoms with Gasteiger partial charge >= 0.3 is 6.18 Å². The maximum absolute atomic E-state index is 13.0. The van der Waals surface area contributed by atoms with Crippen molar-refractivity contribution in [1.29, 1.82) is 0 Å². The third kappa shape index (κ3) is 5.46. The van der Waals surface area contributed by atoms with Crippen LogP contribution in [0.1, 0.15) is 18.1 Å². The maximum Gasteiger partial charge on any atom is 0.391 e. The van der Waals surface area contributed by atoms with Crippen LogP contribution in [0.2, 0.25) is 0 Å². The molecule has 1 unspecified atom stereocenters. The Balaban J connectivity index is 2.60. The molecule has 0 aliphatic carbocycles. The number of rotatable bonds is 6. The van der Waals surface area contributed by atoms with Gasteiger partial charge in [-0.2, -0.15) is 13.2 Å². The number of likely N-dealkylation sites (N-methyl/N-ethyl adjacent to an activating group) is 1. The number of alkyl halides is 3. The third-order valence-corrected chi connectivity index (χ3v) is 2.31. The lowest BCUT2D eigenvalue weighted by atomic mass is 10.1. The van der Waals surface area contributed by atoms with Crippen molar-refractivity contribution in [2.24, 2.45) is 0 Å². The van der Waals surface area contributed by atoms with E-state index in [0.29, 0.717) is 12.1 Å². The highest BCUT2D eigenvalue weighted by Gasteiger charge is 2.27. The zero-order valence-electron chi connectivity index (χ0n) is 9.93. The quantitative estimate of drug-likeness (QED) is 0.798. The van der Waals surface area contributed by atoms with Crippen molar-refractivity contribution in [3.8, 4) is 0 Å². The van der Waals surface area contributed by atoms with Crippen LogP contribution >= 0.6 is 0 Å². The van der Waals surface area contributed by atoms with Gasteiger partial charge < -0.3 is 10.1 Å². The van der Waals surface area contributed by atoms with Crippen molar-refractivity contribution in [3.05, 3.63) is 35.6 Å². The van der Waals surface area contributed by atoms with Gasteiger partial charge in [0.25, 0.3) is 0 Å². The van der Waals surface area contributed by atoms with Crippen molar-refractivity contribution in [2.45, 2.75) is 18.7 Å². The Morgan fingerprint density at radius 3 is 2.61 bits per heavy atom. The van der Waals surface area contributed by atoms with E-state index in [1.54, 1.807) is 13.1 Å². The Morgan fingerprint density at radius 1 is 1.33 bits per heavy atom. The third-order valence-electron chi connectivity index (χ3n) is 2.31. The summed E-state index contributed by atoms with van der Waals surface area (Å²) in [5.74, 6) is -0.437. The van der Waals surface area contributed by atoms with Crippen LogP contribution in [0.25, 0.3) is 0 Å². The molecule has 0 heterocycles. The molecular weight excluding hydrogens is 250 g/mol. The van der Waals surface area contributed by atoms with Crippen molar-refractivity contribution < 1.29 is 22.3 Å². The first kappa shape index (κ1) is 14.9. The van der Waals surface area contributed by atoms with E-state index >= 15 is 0 Å². The zero-order valence-corrected chi connectivity index (χ0v) is 9.93. The van der Waals surface area contributed by atoms with Crippen LogP contribution in [-0.4, -0.2) is 26.4 Å². The second kappa shape index (κ2) is 6.70. The van der Waals surface area contributed by atoms with Gasteiger partial charge in [0.15, 0.2) is 0 Å². The van der Waals surface area contributed by atoms with Gasteiger partial charge in [0.2, 0.25) is 0 Å². The molecule has 0 amide bonds. The predicted molar refractivity (Wildman–Crippen MR) is 59.7 cm³/mol. The Hall–Kier alpha value is -1.14. The number of hydrogen-bond acceptors (Lipinski definition) is 2. The normalized spacial score (nSPS) is 13.6. The Kier molecular flexibility index (Phi) is 5.55. The average molecular weight is 265 g/mol. The topological polar surface area (TPSA) is 21.3 Å². The minimum Gasteiger partial charge on any atom is -0.372 e. The molecule has 1 N–H and O–H groups in total. The van der Waals surface area contributed by atoms with Crippen molar-refractivity contribution in [1.82, 2.24) is 5.32 Å². The lowest BCUT2D eigenvalue weighted by Crippen LogP contribution is -2.22. The molecule has 1 aromatic carbocycles. The number of nitrogens with one attached hydrogen (secondary N) is 1. The minimum atomic E-state index is -4.24. The lowest BCUT2D eigenvalue weighted by molar-refractivity contribution is -0.149. The standard InChI is InChI=1S/C12H15F4NO/c1-17-8-11(18-6-5-12(14,15)16)9-3-2-4-10(13)7-9/h2-4,7,11,17H,5-6,8H2,1H3. The van der Waals surface area contributed by atoms with E-state index in [0.717, 1.165) is 0 Å². The van der Waals surface area contributed by atoms with Crippen LogP contribution in [0, 0.1) is 5.82 Å². The molecule has 0 fully saturated rings. The SMILES string of the molecule is CNCC(OCCC(F)(F)F)c1cccc(F)c1. The van der Waals surface area contributed by atoms with E-state index in [9.17, 15) is 17.6 Å². The lowest BCUT2D eigenvalue weighted by Gasteiger charge is -2.18. The first-order valence-corrected chi connectivity index (χ1v) is 5.51. The van der Waals surface area contributed by atoms with E-state index in [-0.39, 0.29) is 0 Å². The van der Waals surface area contributed by atoms with Crippen LogP contribution in [-0.2, 0) is 4.74 Å². The van der Waals surface area contributed by atoms with Crippen molar-refractivity contribution >= 4 is 0 Å². The first-order chi connectivity index (χ1) is 8.42. The Bertz CT molecular complexity index is 367. The van der Waals surface area contributed by atoms with E-state index in [2.05, 4.69) is 5.32 Å². The summed E-state index contributed by atoms with van der Waals surface area (Å²) in [7, 11) is 1.65. The molecule has 0 saturated heterocycles. The summed E-state index contributed by atoms with van der Waals surface area (Å²) >= 11 is 0. The van der Waals surface area contributed by atoms with Gasteiger partial charge in [-0.25, -0.2) is 4.39 Å². The number of halogens is 4. The van der Waals surface area contributed by atoms with Crippen LogP contribution in [0.15, 0.2) is 24.3 Å². The van der Waals surface area contributed by atoms with Gasteiger partial charge in [-0.15, -0.1) is 0 Å². The molecule has 2 nitrogen and oxygen atoms in total.